The molecule has 0 fully saturated rings. The summed E-state index contributed by atoms with van der Waals surface area (Å²) in [5.74, 6) is 0. The highest BCUT2D eigenvalue weighted by molar-refractivity contribution is 7.16. The normalized spacial score (nSPS) is 18.0. The Kier molecular flexibility index (Phi) is 3.95. The molecule has 22 heavy (non-hydrogen) atoms. The van der Waals surface area contributed by atoms with E-state index in [1.807, 2.05) is 25.1 Å². The molecular weight excluding hydrogens is 304 g/mol. The predicted octanol–water partition coefficient (Wildman–Crippen LogP) is 1.11. The second-order valence-electron chi connectivity index (χ2n) is 5.00. The number of nitrogens with one attached hydrogen (secondary N) is 2. The molecule has 7 nitrogen and oxygen atoms in total. The number of carbonyl (C=O) groups excluding carboxylic acids is 1. The first kappa shape index (κ1) is 14.7. The van der Waals surface area contributed by atoms with Gasteiger partial charge in [0.15, 0.2) is 0 Å². The number of methoxy groups -OCH3 is 1. The van der Waals surface area contributed by atoms with Gasteiger partial charge in [0.1, 0.15) is 0 Å². The maximum atomic E-state index is 12.1. The molecule has 0 radical (unpaired) electrons. The van der Waals surface area contributed by atoms with E-state index in [2.05, 4.69) is 15.8 Å². The predicted molar refractivity (Wildman–Crippen MR) is 85.6 cm³/mol. The van der Waals surface area contributed by atoms with Gasteiger partial charge in [-0.25, -0.2) is 10.2 Å². The number of fused-ring (bicyclic) bond motifs is 1. The van der Waals surface area contributed by atoms with Crippen molar-refractivity contribution >= 4 is 33.3 Å². The third-order valence-corrected chi connectivity index (χ3v) is 4.48. The van der Waals surface area contributed by atoms with Gasteiger partial charge >= 0.3 is 10.9 Å². The van der Waals surface area contributed by atoms with E-state index >= 15 is 0 Å². The van der Waals surface area contributed by atoms with Gasteiger partial charge in [-0.05, 0) is 19.1 Å². The minimum Gasteiger partial charge on any atom is -0.383 e. The van der Waals surface area contributed by atoms with Crippen molar-refractivity contribution in [2.75, 3.05) is 13.7 Å². The van der Waals surface area contributed by atoms with Crippen molar-refractivity contribution in [3.8, 4) is 0 Å². The third-order valence-electron chi connectivity index (χ3n) is 3.52. The Morgan fingerprint density at radius 2 is 2.23 bits per heavy atom. The second kappa shape index (κ2) is 5.90. The standard InChI is InChI=1S/C14H16N4O3S/c1-8-12(16-17-13(19)15-8)9-3-4-11-10(7-9)18(5-6-21-2)14(20)22-11/h3-4,7-8H,5-6H2,1-2H3,(H2,15,17,19). The number of urea groups is 1. The highest BCUT2D eigenvalue weighted by Crippen LogP contribution is 2.20. The average molecular weight is 320 g/mol. The zero-order valence-corrected chi connectivity index (χ0v) is 13.1. The summed E-state index contributed by atoms with van der Waals surface area (Å²) in [5.41, 5.74) is 4.88. The zero-order chi connectivity index (χ0) is 15.7. The molecule has 0 saturated heterocycles. The molecule has 1 aromatic heterocycles. The molecule has 0 spiro atoms. The van der Waals surface area contributed by atoms with E-state index in [0.29, 0.717) is 13.2 Å². The lowest BCUT2D eigenvalue weighted by molar-refractivity contribution is 0.188. The van der Waals surface area contributed by atoms with Crippen molar-refractivity contribution in [1.29, 1.82) is 0 Å². The number of ether oxygens (including phenoxy) is 1. The van der Waals surface area contributed by atoms with Crippen LogP contribution >= 0.6 is 11.3 Å². The van der Waals surface area contributed by atoms with E-state index < -0.39 is 0 Å². The molecule has 3 rings (SSSR count). The molecule has 0 saturated carbocycles. The molecule has 116 valence electrons. The van der Waals surface area contributed by atoms with Gasteiger partial charge in [0.2, 0.25) is 0 Å². The summed E-state index contributed by atoms with van der Waals surface area (Å²) in [6, 6.07) is 5.24. The Bertz CT molecular complexity index is 808. The van der Waals surface area contributed by atoms with Gasteiger partial charge in [0.05, 0.1) is 35.1 Å². The van der Waals surface area contributed by atoms with Crippen LogP contribution in [-0.2, 0) is 11.3 Å². The fourth-order valence-corrected chi connectivity index (χ4v) is 3.33. The minimum atomic E-state index is -0.315. The van der Waals surface area contributed by atoms with E-state index in [1.54, 1.807) is 11.7 Å². The first-order valence-electron chi connectivity index (χ1n) is 6.87. The molecular formula is C14H16N4O3S. The number of aromatic nitrogens is 1. The number of carbonyl (C=O) groups is 1. The van der Waals surface area contributed by atoms with Crippen molar-refractivity contribution in [3.05, 3.63) is 33.4 Å². The number of hydrazone groups is 1. The van der Waals surface area contributed by atoms with Crippen molar-refractivity contribution in [3.63, 3.8) is 0 Å². The fraction of sp³-hybridized carbons (Fsp3) is 0.357. The molecule has 0 bridgehead atoms. The largest absolute Gasteiger partial charge is 0.383 e. The van der Waals surface area contributed by atoms with Crippen LogP contribution in [0, 0.1) is 0 Å². The maximum Gasteiger partial charge on any atom is 0.335 e. The van der Waals surface area contributed by atoms with Crippen molar-refractivity contribution < 1.29 is 9.53 Å². The quantitative estimate of drug-likeness (QED) is 0.885. The van der Waals surface area contributed by atoms with Crippen LogP contribution in [0.25, 0.3) is 10.2 Å². The molecule has 2 N–H and O–H groups in total. The van der Waals surface area contributed by atoms with E-state index in [1.165, 1.54) is 11.3 Å². The molecule has 1 atom stereocenters. The summed E-state index contributed by atoms with van der Waals surface area (Å²) >= 11 is 1.21. The SMILES string of the molecule is COCCn1c(=O)sc2ccc(C3=NNC(=O)NC3C)cc21. The van der Waals surface area contributed by atoms with Gasteiger partial charge in [-0.1, -0.05) is 17.4 Å². The topological polar surface area (TPSA) is 84.7 Å². The van der Waals surface area contributed by atoms with Gasteiger partial charge in [-0.15, -0.1) is 0 Å². The van der Waals surface area contributed by atoms with Crippen LogP contribution in [0.4, 0.5) is 4.79 Å². The first-order valence-corrected chi connectivity index (χ1v) is 7.68. The Balaban J connectivity index is 2.05. The molecule has 1 aliphatic heterocycles. The number of hydrogen-bond donors (Lipinski definition) is 2. The molecule has 1 unspecified atom stereocenters. The van der Waals surface area contributed by atoms with Crippen molar-refractivity contribution in [2.45, 2.75) is 19.5 Å². The summed E-state index contributed by atoms with van der Waals surface area (Å²) < 4.78 is 7.68. The summed E-state index contributed by atoms with van der Waals surface area (Å²) in [5, 5.41) is 6.88. The van der Waals surface area contributed by atoms with Gasteiger partial charge in [0, 0.05) is 12.7 Å². The number of thiazole rings is 1. The molecule has 8 heteroatoms. The van der Waals surface area contributed by atoms with Crippen LogP contribution in [0.3, 0.4) is 0 Å². The zero-order valence-electron chi connectivity index (χ0n) is 12.3. The lowest BCUT2D eigenvalue weighted by Crippen LogP contribution is -2.48. The summed E-state index contributed by atoms with van der Waals surface area (Å²) in [6.45, 7) is 2.86. The van der Waals surface area contributed by atoms with Crippen LogP contribution in [0.5, 0.6) is 0 Å². The van der Waals surface area contributed by atoms with Gasteiger partial charge in [0.25, 0.3) is 0 Å². The molecule has 2 heterocycles. The second-order valence-corrected chi connectivity index (χ2v) is 5.99. The Morgan fingerprint density at radius 1 is 1.41 bits per heavy atom. The Labute approximate surface area is 130 Å². The number of amides is 2. The smallest absolute Gasteiger partial charge is 0.335 e. The number of hydrogen-bond acceptors (Lipinski definition) is 5. The molecule has 0 aliphatic carbocycles. The average Bonchev–Trinajstić information content (AvgIpc) is 2.80. The summed E-state index contributed by atoms with van der Waals surface area (Å²) in [4.78, 5) is 23.3. The highest BCUT2D eigenvalue weighted by Gasteiger charge is 2.21. The minimum absolute atomic E-state index is 0.00532. The molecule has 2 aromatic rings. The Hall–Kier alpha value is -2.19. The van der Waals surface area contributed by atoms with Crippen LogP contribution < -0.4 is 15.6 Å². The fourth-order valence-electron chi connectivity index (χ4n) is 2.44. The number of benzene rings is 1. The molecule has 2 amide bonds. The monoisotopic (exact) mass is 320 g/mol. The van der Waals surface area contributed by atoms with Crippen LogP contribution in [0.15, 0.2) is 28.1 Å². The third kappa shape index (κ3) is 2.62. The van der Waals surface area contributed by atoms with Crippen molar-refractivity contribution in [2.24, 2.45) is 5.10 Å². The van der Waals surface area contributed by atoms with Crippen LogP contribution in [0.2, 0.25) is 0 Å². The lowest BCUT2D eigenvalue weighted by atomic mass is 10.0. The van der Waals surface area contributed by atoms with Gasteiger partial charge < -0.3 is 10.1 Å². The summed E-state index contributed by atoms with van der Waals surface area (Å²) in [6.07, 6.45) is 0. The first-order chi connectivity index (χ1) is 10.6. The van der Waals surface area contributed by atoms with Crippen LogP contribution in [0.1, 0.15) is 12.5 Å². The maximum absolute atomic E-state index is 12.1. The van der Waals surface area contributed by atoms with Gasteiger partial charge in [-0.2, -0.15) is 5.10 Å². The summed E-state index contributed by atoms with van der Waals surface area (Å²) in [7, 11) is 1.61. The molecule has 1 aliphatic rings. The van der Waals surface area contributed by atoms with Crippen molar-refractivity contribution in [1.82, 2.24) is 15.3 Å². The highest BCUT2D eigenvalue weighted by atomic mass is 32.1. The lowest BCUT2D eigenvalue weighted by Gasteiger charge is -2.21. The van der Waals surface area contributed by atoms with Gasteiger partial charge in [-0.3, -0.25) is 9.36 Å². The van der Waals surface area contributed by atoms with E-state index in [9.17, 15) is 9.59 Å². The van der Waals surface area contributed by atoms with E-state index in [-0.39, 0.29) is 16.9 Å². The van der Waals surface area contributed by atoms with E-state index in [0.717, 1.165) is 21.5 Å². The molecule has 1 aromatic carbocycles. The number of nitrogens with zero attached hydrogens (tertiary/aromatic N) is 2. The number of rotatable bonds is 4. The Morgan fingerprint density at radius 3 is 2.95 bits per heavy atom. The van der Waals surface area contributed by atoms with Crippen LogP contribution in [-0.4, -0.2) is 36.1 Å². The van der Waals surface area contributed by atoms with E-state index in [4.69, 9.17) is 4.74 Å².